The highest BCUT2D eigenvalue weighted by Crippen LogP contribution is 2.31. The van der Waals surface area contributed by atoms with E-state index in [0.29, 0.717) is 0 Å². The van der Waals surface area contributed by atoms with Crippen LogP contribution in [-0.2, 0) is 0 Å². The van der Waals surface area contributed by atoms with Gasteiger partial charge in [-0.1, -0.05) is 19.6 Å². The van der Waals surface area contributed by atoms with Crippen LogP contribution in [0.3, 0.4) is 0 Å². The van der Waals surface area contributed by atoms with Gasteiger partial charge in [0.1, 0.15) is 0 Å². The summed E-state index contributed by atoms with van der Waals surface area (Å²) in [5, 5.41) is 3.35. The van der Waals surface area contributed by atoms with Gasteiger partial charge >= 0.3 is 0 Å². The first-order chi connectivity index (χ1) is 5.77. The Labute approximate surface area is 73.9 Å². The second-order valence-electron chi connectivity index (χ2n) is 3.71. The van der Waals surface area contributed by atoms with E-state index in [0.717, 1.165) is 11.6 Å². The van der Waals surface area contributed by atoms with E-state index in [9.17, 15) is 0 Å². The van der Waals surface area contributed by atoms with E-state index < -0.39 is 0 Å². The van der Waals surface area contributed by atoms with Crippen molar-refractivity contribution in [2.75, 3.05) is 0 Å². The molecule has 64 valence electrons. The zero-order valence-electron chi connectivity index (χ0n) is 7.56. The molecule has 0 aromatic carbocycles. The Morgan fingerprint density at radius 3 is 3.17 bits per heavy atom. The third-order valence-corrected chi connectivity index (χ3v) is 2.72. The largest absolute Gasteiger partial charge is 0.359 e. The lowest BCUT2D eigenvalue weighted by Gasteiger charge is -2.28. The number of hydrogen-bond acceptors (Lipinski definition) is 1. The summed E-state index contributed by atoms with van der Waals surface area (Å²) in [7, 11) is 0. The van der Waals surface area contributed by atoms with Gasteiger partial charge in [0.25, 0.3) is 0 Å². The second kappa shape index (κ2) is 2.81. The first-order valence-corrected chi connectivity index (χ1v) is 4.64. The maximum absolute atomic E-state index is 3.90. The van der Waals surface area contributed by atoms with Crippen LogP contribution >= 0.6 is 0 Å². The summed E-state index contributed by atoms with van der Waals surface area (Å²) < 4.78 is 0. The third kappa shape index (κ3) is 1.20. The minimum atomic E-state index is 0.727. The van der Waals surface area contributed by atoms with Crippen LogP contribution in [0.2, 0.25) is 0 Å². The van der Waals surface area contributed by atoms with Gasteiger partial charge in [-0.3, -0.25) is 0 Å². The SMILES string of the molecule is C=C1C=CC2=C(CCCC2C)N1. The van der Waals surface area contributed by atoms with Crippen molar-refractivity contribution < 1.29 is 0 Å². The molecular formula is C11H15N. The van der Waals surface area contributed by atoms with Gasteiger partial charge < -0.3 is 5.32 Å². The number of allylic oxidation sites excluding steroid dienone is 4. The first kappa shape index (κ1) is 7.66. The first-order valence-electron chi connectivity index (χ1n) is 4.64. The van der Waals surface area contributed by atoms with Crippen LogP contribution in [0, 0.1) is 5.92 Å². The van der Waals surface area contributed by atoms with Crippen molar-refractivity contribution in [3.05, 3.63) is 35.7 Å². The molecule has 0 radical (unpaired) electrons. The molecule has 1 unspecified atom stereocenters. The molecule has 0 saturated heterocycles. The van der Waals surface area contributed by atoms with E-state index in [1.54, 1.807) is 0 Å². The molecule has 1 nitrogen and oxygen atoms in total. The summed E-state index contributed by atoms with van der Waals surface area (Å²) in [4.78, 5) is 0. The van der Waals surface area contributed by atoms with Crippen molar-refractivity contribution in [3.63, 3.8) is 0 Å². The smallest absolute Gasteiger partial charge is 0.0308 e. The van der Waals surface area contributed by atoms with Gasteiger partial charge in [-0.15, -0.1) is 0 Å². The minimum absolute atomic E-state index is 0.727. The van der Waals surface area contributed by atoms with Gasteiger partial charge in [0, 0.05) is 11.4 Å². The Hall–Kier alpha value is -0.980. The van der Waals surface area contributed by atoms with Crippen LogP contribution in [0.4, 0.5) is 0 Å². The summed E-state index contributed by atoms with van der Waals surface area (Å²) in [6, 6.07) is 0. The van der Waals surface area contributed by atoms with E-state index in [4.69, 9.17) is 0 Å². The van der Waals surface area contributed by atoms with Gasteiger partial charge in [0.05, 0.1) is 0 Å². The summed E-state index contributed by atoms with van der Waals surface area (Å²) in [6.45, 7) is 6.20. The Morgan fingerprint density at radius 1 is 1.50 bits per heavy atom. The topological polar surface area (TPSA) is 12.0 Å². The fraction of sp³-hybridized carbons (Fsp3) is 0.455. The number of nitrogens with one attached hydrogen (secondary N) is 1. The summed E-state index contributed by atoms with van der Waals surface area (Å²) in [6.07, 6.45) is 8.13. The van der Waals surface area contributed by atoms with E-state index in [2.05, 4.69) is 31.0 Å². The van der Waals surface area contributed by atoms with Crippen LogP contribution in [0.5, 0.6) is 0 Å². The molecule has 0 amide bonds. The molecular weight excluding hydrogens is 146 g/mol. The molecule has 0 fully saturated rings. The highest BCUT2D eigenvalue weighted by Gasteiger charge is 2.19. The minimum Gasteiger partial charge on any atom is -0.359 e. The lowest BCUT2D eigenvalue weighted by atomic mass is 9.85. The predicted molar refractivity (Wildman–Crippen MR) is 51.5 cm³/mol. The second-order valence-corrected chi connectivity index (χ2v) is 3.71. The molecule has 0 aromatic heterocycles. The van der Waals surface area contributed by atoms with E-state index in [1.165, 1.54) is 30.5 Å². The number of rotatable bonds is 0. The zero-order chi connectivity index (χ0) is 8.55. The van der Waals surface area contributed by atoms with Gasteiger partial charge in [-0.25, -0.2) is 0 Å². The van der Waals surface area contributed by atoms with Crippen LogP contribution < -0.4 is 5.32 Å². The van der Waals surface area contributed by atoms with Gasteiger partial charge in [-0.2, -0.15) is 0 Å². The predicted octanol–water partition coefficient (Wildman–Crippen LogP) is 2.73. The van der Waals surface area contributed by atoms with Gasteiger partial charge in [0.15, 0.2) is 0 Å². The lowest BCUT2D eigenvalue weighted by Crippen LogP contribution is -2.21. The van der Waals surface area contributed by atoms with Crippen molar-refractivity contribution in [2.24, 2.45) is 5.92 Å². The molecule has 0 spiro atoms. The van der Waals surface area contributed by atoms with Crippen LogP contribution in [0.1, 0.15) is 26.2 Å². The molecule has 0 bridgehead atoms. The van der Waals surface area contributed by atoms with Crippen molar-refractivity contribution in [2.45, 2.75) is 26.2 Å². The van der Waals surface area contributed by atoms with Gasteiger partial charge in [-0.05, 0) is 36.8 Å². The summed E-state index contributed by atoms with van der Waals surface area (Å²) in [5.74, 6) is 0.727. The molecule has 1 aliphatic carbocycles. The van der Waals surface area contributed by atoms with E-state index >= 15 is 0 Å². The fourth-order valence-corrected chi connectivity index (χ4v) is 2.01. The Balaban J connectivity index is 2.31. The Morgan fingerprint density at radius 2 is 2.33 bits per heavy atom. The van der Waals surface area contributed by atoms with Gasteiger partial charge in [0.2, 0.25) is 0 Å². The van der Waals surface area contributed by atoms with Crippen LogP contribution in [-0.4, -0.2) is 0 Å². The van der Waals surface area contributed by atoms with E-state index in [-0.39, 0.29) is 0 Å². The molecule has 2 aliphatic rings. The highest BCUT2D eigenvalue weighted by molar-refractivity contribution is 5.39. The van der Waals surface area contributed by atoms with Crippen LogP contribution in [0.15, 0.2) is 35.7 Å². The number of hydrogen-bond donors (Lipinski definition) is 1. The molecule has 0 aromatic rings. The molecule has 0 saturated carbocycles. The molecule has 2 rings (SSSR count). The van der Waals surface area contributed by atoms with E-state index in [1.807, 2.05) is 0 Å². The van der Waals surface area contributed by atoms with Crippen molar-refractivity contribution in [3.8, 4) is 0 Å². The molecule has 1 N–H and O–H groups in total. The number of dihydropyridines is 1. The normalized spacial score (nSPS) is 28.4. The third-order valence-electron chi connectivity index (χ3n) is 2.72. The Bertz CT molecular complexity index is 271. The molecule has 1 heteroatoms. The Kier molecular flexibility index (Phi) is 1.80. The average molecular weight is 161 g/mol. The average Bonchev–Trinajstić information content (AvgIpc) is 2.04. The summed E-state index contributed by atoms with van der Waals surface area (Å²) >= 11 is 0. The van der Waals surface area contributed by atoms with Crippen molar-refractivity contribution in [1.29, 1.82) is 0 Å². The maximum atomic E-state index is 3.90. The quantitative estimate of drug-likeness (QED) is 0.576. The maximum Gasteiger partial charge on any atom is 0.0308 e. The molecule has 1 heterocycles. The van der Waals surface area contributed by atoms with Crippen LogP contribution in [0.25, 0.3) is 0 Å². The molecule has 12 heavy (non-hydrogen) atoms. The standard InChI is InChI=1S/C11H15N/c1-8-4-3-5-11-10(8)7-6-9(2)12-11/h6-8,12H,2-5H2,1H3. The fourth-order valence-electron chi connectivity index (χ4n) is 2.01. The van der Waals surface area contributed by atoms with Crippen molar-refractivity contribution >= 4 is 0 Å². The highest BCUT2D eigenvalue weighted by atomic mass is 14.9. The monoisotopic (exact) mass is 161 g/mol. The summed E-state index contributed by atoms with van der Waals surface area (Å²) in [5.41, 5.74) is 3.93. The molecule has 1 atom stereocenters. The lowest BCUT2D eigenvalue weighted by molar-refractivity contribution is 0.528. The van der Waals surface area contributed by atoms with Crippen molar-refractivity contribution in [1.82, 2.24) is 5.32 Å². The zero-order valence-corrected chi connectivity index (χ0v) is 7.56. The molecule has 1 aliphatic heterocycles.